The van der Waals surface area contributed by atoms with E-state index in [9.17, 15) is 22.9 Å². The van der Waals surface area contributed by atoms with Crippen molar-refractivity contribution in [2.75, 3.05) is 16.8 Å². The maximum Gasteiger partial charge on any atom is 0.306 e. The zero-order valence-corrected chi connectivity index (χ0v) is 10.8. The molecule has 1 heterocycles. The summed E-state index contributed by atoms with van der Waals surface area (Å²) in [6.45, 7) is 0. The zero-order valence-electron chi connectivity index (χ0n) is 10.0. The van der Waals surface area contributed by atoms with Gasteiger partial charge in [-0.15, -0.1) is 0 Å². The van der Waals surface area contributed by atoms with Crippen molar-refractivity contribution in [2.45, 2.75) is 18.9 Å². The van der Waals surface area contributed by atoms with Gasteiger partial charge in [-0.2, -0.15) is 4.39 Å². The predicted octanol–water partition coefficient (Wildman–Crippen LogP) is 1.72. The number of nitrogens with one attached hydrogen (secondary N) is 1. The topological polar surface area (TPSA) is 89.3 Å². The lowest BCUT2D eigenvalue weighted by atomic mass is 10.1. The van der Waals surface area contributed by atoms with E-state index in [0.29, 0.717) is 18.5 Å². The number of benzene rings is 1. The third kappa shape index (κ3) is 3.40. The second-order valence-electron chi connectivity index (χ2n) is 4.49. The van der Waals surface area contributed by atoms with Gasteiger partial charge in [0.1, 0.15) is 9.84 Å². The third-order valence-electron chi connectivity index (χ3n) is 3.07. The van der Waals surface area contributed by atoms with Crippen LogP contribution < -0.4 is 5.32 Å². The van der Waals surface area contributed by atoms with Crippen LogP contribution in [0.5, 0.6) is 0 Å². The van der Waals surface area contributed by atoms with Crippen molar-refractivity contribution in [3.8, 4) is 0 Å². The maximum absolute atomic E-state index is 13.2. The molecule has 6 nitrogen and oxygen atoms in total. The average Bonchev–Trinajstić information content (AvgIpc) is 2.34. The predicted molar refractivity (Wildman–Crippen MR) is 68.4 cm³/mol. The van der Waals surface area contributed by atoms with Crippen molar-refractivity contribution in [1.29, 1.82) is 0 Å². The van der Waals surface area contributed by atoms with Gasteiger partial charge < -0.3 is 5.32 Å². The van der Waals surface area contributed by atoms with Crippen LogP contribution in [0.1, 0.15) is 12.8 Å². The molecule has 2 rings (SSSR count). The van der Waals surface area contributed by atoms with Gasteiger partial charge in [-0.3, -0.25) is 10.1 Å². The summed E-state index contributed by atoms with van der Waals surface area (Å²) < 4.78 is 35.7. The fraction of sp³-hybridized carbons (Fsp3) is 0.455. The summed E-state index contributed by atoms with van der Waals surface area (Å²) in [7, 11) is -2.94. The minimum atomic E-state index is -2.94. The summed E-state index contributed by atoms with van der Waals surface area (Å²) in [5, 5.41) is 13.6. The highest BCUT2D eigenvalue weighted by Gasteiger charge is 2.24. The number of sulfone groups is 1. The van der Waals surface area contributed by atoms with Gasteiger partial charge in [-0.25, -0.2) is 8.42 Å². The van der Waals surface area contributed by atoms with E-state index >= 15 is 0 Å². The Hall–Kier alpha value is -1.70. The van der Waals surface area contributed by atoms with Crippen LogP contribution >= 0.6 is 0 Å². The monoisotopic (exact) mass is 288 g/mol. The molecule has 8 heteroatoms. The summed E-state index contributed by atoms with van der Waals surface area (Å²) in [6, 6.07) is 3.50. The number of hydrogen-bond acceptors (Lipinski definition) is 5. The van der Waals surface area contributed by atoms with Gasteiger partial charge in [0.05, 0.1) is 16.4 Å². The molecule has 1 N–H and O–H groups in total. The molecule has 0 aromatic heterocycles. The Bertz CT molecular complexity index is 589. The van der Waals surface area contributed by atoms with Crippen LogP contribution in [0.4, 0.5) is 15.8 Å². The molecule has 0 spiro atoms. The van der Waals surface area contributed by atoms with E-state index in [-0.39, 0.29) is 17.5 Å². The molecule has 0 bridgehead atoms. The minimum Gasteiger partial charge on any atom is -0.382 e. The quantitative estimate of drug-likeness (QED) is 0.675. The molecular formula is C11H13FN2O4S. The smallest absolute Gasteiger partial charge is 0.306 e. The standard InChI is InChI=1S/C11H13FN2O4S/c12-10-2-1-9(7-11(10)14(15)16)13-8-3-5-19(17,18)6-4-8/h1-2,7-8,13H,3-6H2. The van der Waals surface area contributed by atoms with Gasteiger partial charge in [0.15, 0.2) is 0 Å². The summed E-state index contributed by atoms with van der Waals surface area (Å²) in [5.74, 6) is -0.677. The van der Waals surface area contributed by atoms with Crippen LogP contribution in [0.15, 0.2) is 18.2 Å². The van der Waals surface area contributed by atoms with Crippen molar-refractivity contribution in [3.63, 3.8) is 0 Å². The largest absolute Gasteiger partial charge is 0.382 e. The highest BCUT2D eigenvalue weighted by atomic mass is 32.2. The first-order chi connectivity index (χ1) is 8.87. The fourth-order valence-corrected chi connectivity index (χ4v) is 3.50. The van der Waals surface area contributed by atoms with E-state index in [1.54, 1.807) is 0 Å². The SMILES string of the molecule is O=[N+]([O-])c1cc(NC2CCS(=O)(=O)CC2)ccc1F. The average molecular weight is 288 g/mol. The molecular weight excluding hydrogens is 275 g/mol. The Balaban J connectivity index is 2.08. The molecule has 0 unspecified atom stereocenters. The molecule has 0 amide bonds. The number of halogens is 1. The van der Waals surface area contributed by atoms with Gasteiger partial charge in [0, 0.05) is 17.8 Å². The van der Waals surface area contributed by atoms with Crippen molar-refractivity contribution in [2.24, 2.45) is 0 Å². The van der Waals surface area contributed by atoms with E-state index in [1.165, 1.54) is 6.07 Å². The Labute approximate surface area is 109 Å². The first kappa shape index (κ1) is 13.7. The molecule has 1 aromatic carbocycles. The highest BCUT2D eigenvalue weighted by Crippen LogP contribution is 2.24. The fourth-order valence-electron chi connectivity index (χ4n) is 2.01. The first-order valence-electron chi connectivity index (χ1n) is 5.78. The van der Waals surface area contributed by atoms with Gasteiger partial charge in [-0.05, 0) is 25.0 Å². The summed E-state index contributed by atoms with van der Waals surface area (Å²) >= 11 is 0. The molecule has 0 radical (unpaired) electrons. The molecule has 0 atom stereocenters. The van der Waals surface area contributed by atoms with Gasteiger partial charge in [-0.1, -0.05) is 0 Å². The molecule has 0 aliphatic carbocycles. The molecule has 0 saturated carbocycles. The Morgan fingerprint density at radius 3 is 2.53 bits per heavy atom. The second-order valence-corrected chi connectivity index (χ2v) is 6.80. The maximum atomic E-state index is 13.2. The van der Waals surface area contributed by atoms with Crippen molar-refractivity contribution in [3.05, 3.63) is 34.1 Å². The van der Waals surface area contributed by atoms with Crippen LogP contribution in [-0.4, -0.2) is 30.9 Å². The van der Waals surface area contributed by atoms with E-state index in [0.717, 1.165) is 12.1 Å². The van der Waals surface area contributed by atoms with Crippen LogP contribution in [0, 0.1) is 15.9 Å². The number of anilines is 1. The lowest BCUT2D eigenvalue weighted by molar-refractivity contribution is -0.387. The summed E-state index contributed by atoms with van der Waals surface area (Å²) in [6.07, 6.45) is 0.904. The van der Waals surface area contributed by atoms with Gasteiger partial charge in [0.25, 0.3) is 0 Å². The van der Waals surface area contributed by atoms with E-state index in [4.69, 9.17) is 0 Å². The number of rotatable bonds is 3. The normalized spacial score (nSPS) is 19.0. The highest BCUT2D eigenvalue weighted by molar-refractivity contribution is 7.91. The summed E-state index contributed by atoms with van der Waals surface area (Å²) in [4.78, 5) is 9.82. The lowest BCUT2D eigenvalue weighted by Crippen LogP contribution is -2.32. The molecule has 1 aromatic rings. The molecule has 19 heavy (non-hydrogen) atoms. The molecule has 1 aliphatic rings. The van der Waals surface area contributed by atoms with E-state index in [2.05, 4.69) is 5.32 Å². The Morgan fingerprint density at radius 1 is 1.32 bits per heavy atom. The second kappa shape index (κ2) is 5.12. The molecule has 104 valence electrons. The number of hydrogen-bond donors (Lipinski definition) is 1. The molecule has 1 fully saturated rings. The Kier molecular flexibility index (Phi) is 3.70. The van der Waals surface area contributed by atoms with Crippen LogP contribution in [0.3, 0.4) is 0 Å². The van der Waals surface area contributed by atoms with Crippen LogP contribution in [0.2, 0.25) is 0 Å². The van der Waals surface area contributed by atoms with E-state index in [1.807, 2.05) is 0 Å². The first-order valence-corrected chi connectivity index (χ1v) is 7.60. The molecule has 1 aliphatic heterocycles. The third-order valence-corrected chi connectivity index (χ3v) is 4.78. The number of nitrogens with zero attached hydrogens (tertiary/aromatic N) is 1. The van der Waals surface area contributed by atoms with Crippen molar-refractivity contribution < 1.29 is 17.7 Å². The van der Waals surface area contributed by atoms with E-state index < -0.39 is 26.3 Å². The van der Waals surface area contributed by atoms with Crippen LogP contribution in [-0.2, 0) is 9.84 Å². The number of nitro benzene ring substituents is 1. The number of nitro groups is 1. The minimum absolute atomic E-state index is 0.0615. The van der Waals surface area contributed by atoms with Gasteiger partial charge in [0.2, 0.25) is 5.82 Å². The lowest BCUT2D eigenvalue weighted by Gasteiger charge is -2.23. The van der Waals surface area contributed by atoms with Crippen LogP contribution in [0.25, 0.3) is 0 Å². The summed E-state index contributed by atoms with van der Waals surface area (Å²) in [5.41, 5.74) is -0.161. The Morgan fingerprint density at radius 2 is 1.95 bits per heavy atom. The zero-order chi connectivity index (χ0) is 14.0. The van der Waals surface area contributed by atoms with Gasteiger partial charge >= 0.3 is 5.69 Å². The molecule has 1 saturated heterocycles. The van der Waals surface area contributed by atoms with Crippen molar-refractivity contribution >= 4 is 21.2 Å². The van der Waals surface area contributed by atoms with Crippen molar-refractivity contribution in [1.82, 2.24) is 0 Å².